The smallest absolute Gasteiger partial charge is 0.336 e. The second-order valence-corrected chi connectivity index (χ2v) is 4.95. The fraction of sp³-hybridized carbons (Fsp3) is 0.455. The third-order valence-electron chi connectivity index (χ3n) is 2.83. The van der Waals surface area contributed by atoms with E-state index >= 15 is 0 Å². The van der Waals surface area contributed by atoms with Crippen molar-refractivity contribution in [2.45, 2.75) is 6.10 Å². The predicted octanol–water partition coefficient (Wildman–Crippen LogP) is 0.670. The van der Waals surface area contributed by atoms with Crippen molar-refractivity contribution in [3.63, 3.8) is 0 Å². The van der Waals surface area contributed by atoms with Gasteiger partial charge in [-0.2, -0.15) is 0 Å². The Balaban J connectivity index is 2.08. The maximum Gasteiger partial charge on any atom is 0.336 e. The summed E-state index contributed by atoms with van der Waals surface area (Å²) in [7, 11) is 1.24. The summed E-state index contributed by atoms with van der Waals surface area (Å²) in [5.74, 6) is -0.898. The van der Waals surface area contributed by atoms with Crippen molar-refractivity contribution in [2.75, 3.05) is 26.8 Å². The molecule has 0 spiro atoms. The van der Waals surface area contributed by atoms with Gasteiger partial charge in [0.05, 0.1) is 30.7 Å². The summed E-state index contributed by atoms with van der Waals surface area (Å²) >= 11 is 0.892. The summed E-state index contributed by atoms with van der Waals surface area (Å²) in [6, 6.07) is 1.23. The normalized spacial score (nSPS) is 18.6. The van der Waals surface area contributed by atoms with Gasteiger partial charge in [0.1, 0.15) is 0 Å². The predicted molar refractivity (Wildman–Crippen MR) is 68.6 cm³/mol. The number of esters is 1. The first-order valence-corrected chi connectivity index (χ1v) is 6.62. The first-order chi connectivity index (χ1) is 9.52. The minimum Gasteiger partial charge on any atom is -0.467 e. The Bertz CT molecular complexity index is 543. The van der Waals surface area contributed by atoms with Gasteiger partial charge in [-0.25, -0.2) is 4.79 Å². The van der Waals surface area contributed by atoms with Gasteiger partial charge in [0, 0.05) is 18.0 Å². The fourth-order valence-corrected chi connectivity index (χ4v) is 2.52. The molecule has 9 heteroatoms. The van der Waals surface area contributed by atoms with Crippen molar-refractivity contribution < 1.29 is 24.0 Å². The highest BCUT2D eigenvalue weighted by Gasteiger charge is 2.31. The van der Waals surface area contributed by atoms with Gasteiger partial charge in [0.2, 0.25) is 0 Å². The van der Waals surface area contributed by atoms with E-state index in [1.807, 2.05) is 0 Å². The Morgan fingerprint density at radius 3 is 2.95 bits per heavy atom. The fourth-order valence-electron chi connectivity index (χ4n) is 1.82. The molecular formula is C11H12N2O6S. The molecule has 1 atom stereocenters. The third kappa shape index (κ3) is 2.94. The van der Waals surface area contributed by atoms with Crippen LogP contribution < -0.4 is 0 Å². The molecule has 1 aliphatic heterocycles. The average Bonchev–Trinajstić information content (AvgIpc) is 2.95. The second kappa shape index (κ2) is 5.97. The van der Waals surface area contributed by atoms with Crippen LogP contribution in [-0.4, -0.2) is 54.6 Å². The number of carbonyl (C=O) groups is 2. The average molecular weight is 300 g/mol. The highest BCUT2D eigenvalue weighted by molar-refractivity contribution is 7.13. The van der Waals surface area contributed by atoms with Gasteiger partial charge in [-0.05, 0) is 0 Å². The van der Waals surface area contributed by atoms with Crippen LogP contribution in [0.4, 0.5) is 5.00 Å². The highest BCUT2D eigenvalue weighted by atomic mass is 32.1. The van der Waals surface area contributed by atoms with Crippen molar-refractivity contribution in [1.29, 1.82) is 0 Å². The van der Waals surface area contributed by atoms with Crippen LogP contribution in [0, 0.1) is 10.1 Å². The van der Waals surface area contributed by atoms with Crippen molar-refractivity contribution in [3.8, 4) is 0 Å². The van der Waals surface area contributed by atoms with Crippen molar-refractivity contribution in [1.82, 2.24) is 4.90 Å². The Labute approximate surface area is 118 Å². The van der Waals surface area contributed by atoms with Gasteiger partial charge in [-0.1, -0.05) is 11.3 Å². The molecule has 20 heavy (non-hydrogen) atoms. The molecule has 1 fully saturated rings. The molecule has 2 heterocycles. The number of morpholine rings is 1. The van der Waals surface area contributed by atoms with Crippen molar-refractivity contribution in [3.05, 3.63) is 27.1 Å². The number of hydrogen-bond donors (Lipinski definition) is 0. The Morgan fingerprint density at radius 2 is 2.35 bits per heavy atom. The van der Waals surface area contributed by atoms with E-state index < -0.39 is 17.0 Å². The van der Waals surface area contributed by atoms with Gasteiger partial charge in [0.25, 0.3) is 5.91 Å². The topological polar surface area (TPSA) is 99.0 Å². The van der Waals surface area contributed by atoms with E-state index in [9.17, 15) is 19.7 Å². The zero-order valence-corrected chi connectivity index (χ0v) is 11.4. The first kappa shape index (κ1) is 14.4. The van der Waals surface area contributed by atoms with E-state index in [0.717, 1.165) is 11.3 Å². The molecule has 1 aliphatic rings. The van der Waals surface area contributed by atoms with E-state index in [2.05, 4.69) is 4.74 Å². The number of rotatable bonds is 3. The molecular weight excluding hydrogens is 288 g/mol. The molecule has 1 amide bonds. The Morgan fingerprint density at radius 1 is 1.60 bits per heavy atom. The number of methoxy groups -OCH3 is 1. The Kier molecular flexibility index (Phi) is 4.30. The van der Waals surface area contributed by atoms with Gasteiger partial charge < -0.3 is 14.4 Å². The van der Waals surface area contributed by atoms with Crippen LogP contribution in [0.25, 0.3) is 0 Å². The van der Waals surface area contributed by atoms with Gasteiger partial charge in [-0.3, -0.25) is 14.9 Å². The van der Waals surface area contributed by atoms with Crippen LogP contribution in [0.5, 0.6) is 0 Å². The van der Waals surface area contributed by atoms with Gasteiger partial charge in [-0.15, -0.1) is 0 Å². The standard InChI is InChI=1S/C11H12N2O6S/c1-18-11(15)8-5-12(2-3-19-8)10(14)7-4-9(13(16)17)20-6-7/h4,6,8H,2-3,5H2,1H3. The molecule has 0 aliphatic carbocycles. The van der Waals surface area contributed by atoms with Crippen LogP contribution in [0.2, 0.25) is 0 Å². The molecule has 0 saturated carbocycles. The van der Waals surface area contributed by atoms with Gasteiger partial charge in [0.15, 0.2) is 6.10 Å². The number of thiophene rings is 1. The summed E-state index contributed by atoms with van der Waals surface area (Å²) in [4.78, 5) is 35.1. The molecule has 0 radical (unpaired) electrons. The minimum atomic E-state index is -0.814. The maximum absolute atomic E-state index is 12.2. The lowest BCUT2D eigenvalue weighted by atomic mass is 10.2. The lowest BCUT2D eigenvalue weighted by Gasteiger charge is -2.31. The van der Waals surface area contributed by atoms with E-state index in [1.54, 1.807) is 0 Å². The lowest BCUT2D eigenvalue weighted by molar-refractivity contribution is -0.380. The lowest BCUT2D eigenvalue weighted by Crippen LogP contribution is -2.48. The molecule has 108 valence electrons. The molecule has 1 saturated heterocycles. The van der Waals surface area contributed by atoms with E-state index in [1.165, 1.54) is 23.5 Å². The number of hydrogen-bond acceptors (Lipinski definition) is 7. The maximum atomic E-state index is 12.2. The summed E-state index contributed by atoms with van der Waals surface area (Å²) in [6.45, 7) is 0.628. The molecule has 1 unspecified atom stereocenters. The molecule has 0 bridgehead atoms. The van der Waals surface area contributed by atoms with Crippen LogP contribution >= 0.6 is 11.3 Å². The van der Waals surface area contributed by atoms with Crippen molar-refractivity contribution >= 4 is 28.2 Å². The van der Waals surface area contributed by atoms with E-state index in [0.29, 0.717) is 6.54 Å². The molecule has 0 aromatic carbocycles. The number of carbonyl (C=O) groups excluding carboxylic acids is 2. The zero-order chi connectivity index (χ0) is 14.7. The molecule has 1 aromatic rings. The SMILES string of the molecule is COC(=O)C1CN(C(=O)c2csc([N+](=O)[O-])c2)CCO1. The molecule has 8 nitrogen and oxygen atoms in total. The van der Waals surface area contributed by atoms with E-state index in [4.69, 9.17) is 4.74 Å². The first-order valence-electron chi connectivity index (χ1n) is 5.74. The second-order valence-electron chi connectivity index (χ2n) is 4.06. The molecule has 1 aromatic heterocycles. The number of nitro groups is 1. The zero-order valence-electron chi connectivity index (χ0n) is 10.6. The monoisotopic (exact) mass is 300 g/mol. The van der Waals surface area contributed by atoms with Gasteiger partial charge >= 0.3 is 11.0 Å². The summed E-state index contributed by atoms with van der Waals surface area (Å²) in [5.41, 5.74) is 0.243. The van der Waals surface area contributed by atoms with Crippen LogP contribution in [0.3, 0.4) is 0 Å². The van der Waals surface area contributed by atoms with Crippen LogP contribution in [0.1, 0.15) is 10.4 Å². The number of ether oxygens (including phenoxy) is 2. The summed E-state index contributed by atoms with van der Waals surface area (Å²) in [5, 5.41) is 11.9. The Hall–Kier alpha value is -2.00. The van der Waals surface area contributed by atoms with E-state index in [-0.39, 0.29) is 29.6 Å². The number of amides is 1. The largest absolute Gasteiger partial charge is 0.467 e. The number of nitrogens with zero attached hydrogens (tertiary/aromatic N) is 2. The third-order valence-corrected chi connectivity index (χ3v) is 3.71. The summed E-state index contributed by atoms with van der Waals surface area (Å²) in [6.07, 6.45) is -0.814. The quantitative estimate of drug-likeness (QED) is 0.462. The summed E-state index contributed by atoms with van der Waals surface area (Å²) < 4.78 is 9.79. The minimum absolute atomic E-state index is 0.0785. The van der Waals surface area contributed by atoms with Crippen molar-refractivity contribution in [2.24, 2.45) is 0 Å². The molecule has 0 N–H and O–H groups in total. The van der Waals surface area contributed by atoms with Crippen LogP contribution in [-0.2, 0) is 14.3 Å². The molecule has 2 rings (SSSR count). The van der Waals surface area contributed by atoms with Crippen LogP contribution in [0.15, 0.2) is 11.4 Å². The highest BCUT2D eigenvalue weighted by Crippen LogP contribution is 2.24.